The number of aliphatic hydroxyl groups excluding tert-OH is 2. The summed E-state index contributed by atoms with van der Waals surface area (Å²) in [7, 11) is 0. The number of aliphatic hydroxyl groups is 2. The van der Waals surface area contributed by atoms with Crippen molar-refractivity contribution in [3.05, 3.63) is 0 Å². The minimum Gasteiger partial charge on any atom is -0.481 e. The number of ether oxygens (including phenoxy) is 4. The maximum absolute atomic E-state index is 12.1. The van der Waals surface area contributed by atoms with Gasteiger partial charge in [0.05, 0.1) is 26.1 Å². The van der Waals surface area contributed by atoms with Gasteiger partial charge in [0.2, 0.25) is 0 Å². The average Bonchev–Trinajstić information content (AvgIpc) is 3.52. The van der Waals surface area contributed by atoms with E-state index in [1.807, 2.05) is 0 Å². The van der Waals surface area contributed by atoms with Gasteiger partial charge in [-0.05, 0) is 25.7 Å². The summed E-state index contributed by atoms with van der Waals surface area (Å²) in [4.78, 5) is 67.5. The highest BCUT2D eigenvalue weighted by atomic mass is 16.6. The zero-order valence-electron chi connectivity index (χ0n) is 57.9. The zero-order chi connectivity index (χ0) is 65.3. The Kier molecular flexibility index (Phi) is 77.0. The van der Waals surface area contributed by atoms with Crippen LogP contribution < -0.4 is 0 Å². The van der Waals surface area contributed by atoms with Gasteiger partial charge in [0.1, 0.15) is 13.2 Å². The lowest BCUT2D eigenvalue weighted by molar-refractivity contribution is -0.161. The Morgan fingerprint density at radius 2 is 0.398 bits per heavy atom. The summed E-state index contributed by atoms with van der Waals surface area (Å²) >= 11 is 0. The van der Waals surface area contributed by atoms with Gasteiger partial charge in [0.15, 0.2) is 12.2 Å². The minimum absolute atomic E-state index is 0.0574. The number of carboxylic acids is 2. The van der Waals surface area contributed by atoms with E-state index in [1.165, 1.54) is 270 Å². The van der Waals surface area contributed by atoms with Crippen LogP contribution in [0.4, 0.5) is 0 Å². The lowest BCUT2D eigenvalue weighted by atomic mass is 10.0. The third-order valence-electron chi connectivity index (χ3n) is 16.4. The Hall–Kier alpha value is -3.26. The molecular weight excluding hydrogens is 1110 g/mol. The fraction of sp³-hybridized carbons (Fsp3) is 0.919. The van der Waals surface area contributed by atoms with Gasteiger partial charge in [-0.2, -0.15) is 0 Å². The van der Waals surface area contributed by atoms with E-state index < -0.39 is 24.1 Å². The SMILES string of the molecule is CCCCCCCCCCCCCCCC(=O)OCC(CO)OC(=O)CCCCCCCCCCCCCCC.CCCCCCCCCCCCCCCC(=O)OCC(CO)OC(=O)CCCCCCCCCCCCCCC.O=C(O)CCC(=O)O. The molecule has 0 radical (unpaired) electrons. The standard InChI is InChI=1S/2C35H68O5.C4H6O4/c2*1-3-5-7-9-11-13-15-17-19-21-23-25-27-29-34(37)39-32-33(31-36)40-35(38)30-28-26-24-22-20-18-16-14-12-10-8-6-4-2;5-3(6)1-2-4(7)8/h2*33,36H,3-32H2,1-2H3;1-2H2,(H,5,6)(H,7,8). The zero-order valence-corrected chi connectivity index (χ0v) is 57.9. The Morgan fingerprint density at radius 1 is 0.239 bits per heavy atom. The molecule has 0 aromatic carbocycles. The smallest absolute Gasteiger partial charge is 0.306 e. The second-order valence-corrected chi connectivity index (χ2v) is 25.2. The predicted molar refractivity (Wildman–Crippen MR) is 362 cm³/mol. The van der Waals surface area contributed by atoms with E-state index in [-0.39, 0.29) is 63.1 Å². The number of rotatable bonds is 67. The first-order valence-electron chi connectivity index (χ1n) is 37.3. The third-order valence-corrected chi connectivity index (χ3v) is 16.4. The molecule has 0 saturated heterocycles. The van der Waals surface area contributed by atoms with Crippen molar-refractivity contribution in [3.63, 3.8) is 0 Å². The topological polar surface area (TPSA) is 220 Å². The summed E-state index contributed by atoms with van der Waals surface area (Å²) in [5.41, 5.74) is 0. The van der Waals surface area contributed by atoms with Crippen LogP contribution in [-0.2, 0) is 47.7 Å². The number of esters is 4. The predicted octanol–water partition coefficient (Wildman–Crippen LogP) is 20.7. The van der Waals surface area contributed by atoms with Gasteiger partial charge in [-0.1, -0.05) is 336 Å². The van der Waals surface area contributed by atoms with Crippen LogP contribution in [0.2, 0.25) is 0 Å². The summed E-state index contributed by atoms with van der Waals surface area (Å²) < 4.78 is 21.1. The molecule has 0 fully saturated rings. The van der Waals surface area contributed by atoms with Gasteiger partial charge >= 0.3 is 35.8 Å². The summed E-state index contributed by atoms with van der Waals surface area (Å²) in [5, 5.41) is 34.8. The molecule has 0 spiro atoms. The van der Waals surface area contributed by atoms with E-state index in [1.54, 1.807) is 0 Å². The average molecular weight is 1260 g/mol. The molecule has 0 aromatic rings. The van der Waals surface area contributed by atoms with Crippen molar-refractivity contribution in [1.29, 1.82) is 0 Å². The number of hydrogen-bond acceptors (Lipinski definition) is 12. The van der Waals surface area contributed by atoms with Crippen LogP contribution in [0.15, 0.2) is 0 Å². The number of hydrogen-bond donors (Lipinski definition) is 4. The number of aliphatic carboxylic acids is 2. The summed E-state index contributed by atoms with van der Waals surface area (Å²) in [6.07, 6.45) is 65.3. The molecule has 0 saturated carbocycles. The van der Waals surface area contributed by atoms with Crippen molar-refractivity contribution in [2.45, 2.75) is 412 Å². The lowest BCUT2D eigenvalue weighted by Gasteiger charge is -2.15. The molecule has 14 heteroatoms. The van der Waals surface area contributed by atoms with Gasteiger partial charge < -0.3 is 39.4 Å². The number of unbranched alkanes of at least 4 members (excludes halogenated alkanes) is 48. The van der Waals surface area contributed by atoms with Crippen molar-refractivity contribution in [1.82, 2.24) is 0 Å². The monoisotopic (exact) mass is 1260 g/mol. The van der Waals surface area contributed by atoms with Crippen LogP contribution >= 0.6 is 0 Å². The molecule has 0 heterocycles. The summed E-state index contributed by atoms with van der Waals surface area (Å²) in [6, 6.07) is 0. The molecule has 0 aromatic heterocycles. The molecule has 0 rings (SSSR count). The van der Waals surface area contributed by atoms with Crippen LogP contribution in [0, 0.1) is 0 Å². The van der Waals surface area contributed by atoms with Crippen LogP contribution in [0.5, 0.6) is 0 Å². The molecule has 2 atom stereocenters. The molecule has 0 amide bonds. The fourth-order valence-electron chi connectivity index (χ4n) is 10.6. The molecule has 0 aliphatic heterocycles. The second kappa shape index (κ2) is 76.2. The summed E-state index contributed by atoms with van der Waals surface area (Å²) in [5.74, 6) is -3.31. The van der Waals surface area contributed by atoms with E-state index >= 15 is 0 Å². The van der Waals surface area contributed by atoms with Gasteiger partial charge in [-0.3, -0.25) is 28.8 Å². The normalized spacial score (nSPS) is 11.7. The lowest BCUT2D eigenvalue weighted by Crippen LogP contribution is -2.28. The van der Waals surface area contributed by atoms with Crippen molar-refractivity contribution in [3.8, 4) is 0 Å². The van der Waals surface area contributed by atoms with Gasteiger partial charge in [0.25, 0.3) is 0 Å². The van der Waals surface area contributed by atoms with Gasteiger partial charge in [-0.15, -0.1) is 0 Å². The number of carboxylic acid groups (broad SMARTS) is 2. The molecule has 2 unspecified atom stereocenters. The molecule has 0 aliphatic rings. The van der Waals surface area contributed by atoms with Crippen molar-refractivity contribution in [2.24, 2.45) is 0 Å². The Balaban J connectivity index is -0.00000146. The van der Waals surface area contributed by atoms with Gasteiger partial charge in [-0.25, -0.2) is 0 Å². The third kappa shape index (κ3) is 78.8. The molecular formula is C74H142O14. The largest absolute Gasteiger partial charge is 0.481 e. The van der Waals surface area contributed by atoms with E-state index in [0.717, 1.165) is 64.2 Å². The first-order valence-corrected chi connectivity index (χ1v) is 37.3. The highest BCUT2D eigenvalue weighted by Gasteiger charge is 2.18. The molecule has 0 bridgehead atoms. The maximum atomic E-state index is 12.1. The highest BCUT2D eigenvalue weighted by molar-refractivity contribution is 5.75. The number of carbonyl (C=O) groups is 6. The molecule has 88 heavy (non-hydrogen) atoms. The highest BCUT2D eigenvalue weighted by Crippen LogP contribution is 2.18. The fourth-order valence-corrected chi connectivity index (χ4v) is 10.6. The van der Waals surface area contributed by atoms with Crippen molar-refractivity contribution in [2.75, 3.05) is 26.4 Å². The van der Waals surface area contributed by atoms with Crippen LogP contribution in [0.25, 0.3) is 0 Å². The maximum Gasteiger partial charge on any atom is 0.306 e. The molecule has 4 N–H and O–H groups in total. The van der Waals surface area contributed by atoms with Gasteiger partial charge in [0, 0.05) is 25.7 Å². The van der Waals surface area contributed by atoms with Crippen LogP contribution in [0.3, 0.4) is 0 Å². The first kappa shape index (κ1) is 88.9. The van der Waals surface area contributed by atoms with Crippen molar-refractivity contribution >= 4 is 35.8 Å². The Morgan fingerprint density at radius 3 is 0.557 bits per heavy atom. The molecule has 14 nitrogen and oxygen atoms in total. The Labute approximate surface area is 540 Å². The van der Waals surface area contributed by atoms with Crippen molar-refractivity contribution < 1.29 is 68.1 Å². The summed E-state index contributed by atoms with van der Waals surface area (Å²) in [6.45, 7) is 8.28. The van der Waals surface area contributed by atoms with Crippen LogP contribution in [-0.4, -0.2) is 94.9 Å². The van der Waals surface area contributed by atoms with E-state index in [4.69, 9.17) is 29.2 Å². The molecule has 522 valence electrons. The van der Waals surface area contributed by atoms with E-state index in [9.17, 15) is 39.0 Å². The Bertz CT molecular complexity index is 1380. The minimum atomic E-state index is -1.08. The molecule has 0 aliphatic carbocycles. The first-order chi connectivity index (χ1) is 42.9. The second-order valence-electron chi connectivity index (χ2n) is 25.2. The van der Waals surface area contributed by atoms with Crippen LogP contribution in [0.1, 0.15) is 400 Å². The van der Waals surface area contributed by atoms with E-state index in [0.29, 0.717) is 25.7 Å². The number of carbonyl (C=O) groups excluding carboxylic acids is 4. The van der Waals surface area contributed by atoms with E-state index in [2.05, 4.69) is 27.7 Å². The quantitative estimate of drug-likeness (QED) is 0.0253.